The van der Waals surface area contributed by atoms with E-state index in [1.54, 1.807) is 13.2 Å². The highest BCUT2D eigenvalue weighted by Crippen LogP contribution is 2.56. The summed E-state index contributed by atoms with van der Waals surface area (Å²) in [5.41, 5.74) is 4.20. The van der Waals surface area contributed by atoms with Crippen molar-refractivity contribution in [3.8, 4) is 23.0 Å². The molecule has 31 heavy (non-hydrogen) atoms. The monoisotopic (exact) mass is 422 g/mol. The molecule has 0 saturated carbocycles. The van der Waals surface area contributed by atoms with Crippen LogP contribution < -0.4 is 14.2 Å². The summed E-state index contributed by atoms with van der Waals surface area (Å²) in [6.07, 6.45) is 4.80. The highest BCUT2D eigenvalue weighted by molar-refractivity contribution is 5.60. The highest BCUT2D eigenvalue weighted by atomic mass is 16.5. The van der Waals surface area contributed by atoms with Crippen LogP contribution in [0.1, 0.15) is 56.1 Å². The van der Waals surface area contributed by atoms with Gasteiger partial charge in [-0.05, 0) is 64.3 Å². The lowest BCUT2D eigenvalue weighted by atomic mass is 9.83. The van der Waals surface area contributed by atoms with Crippen LogP contribution >= 0.6 is 0 Å². The molecule has 2 aliphatic heterocycles. The minimum atomic E-state index is -1.31. The van der Waals surface area contributed by atoms with Gasteiger partial charge in [-0.2, -0.15) is 0 Å². The van der Waals surface area contributed by atoms with Crippen molar-refractivity contribution in [2.75, 3.05) is 13.7 Å². The van der Waals surface area contributed by atoms with Gasteiger partial charge in [-0.25, -0.2) is 0 Å². The largest absolute Gasteiger partial charge is 0.508 e. The number of aromatic hydroxyl groups is 1. The third-order valence-corrected chi connectivity index (χ3v) is 5.96. The van der Waals surface area contributed by atoms with Crippen LogP contribution in [0, 0.1) is 0 Å². The molecule has 2 N–H and O–H groups in total. The number of allylic oxidation sites excluding steroid dienone is 4. The second-order valence-electron chi connectivity index (χ2n) is 8.82. The smallest absolute Gasteiger partial charge is 0.168 e. The summed E-state index contributed by atoms with van der Waals surface area (Å²) in [5.74, 6) is 2.11. The van der Waals surface area contributed by atoms with Crippen LogP contribution in [0.5, 0.6) is 23.0 Å². The van der Waals surface area contributed by atoms with E-state index in [1.807, 2.05) is 45.9 Å². The van der Waals surface area contributed by atoms with Crippen LogP contribution in [-0.4, -0.2) is 23.9 Å². The molecular weight excluding hydrogens is 392 g/mol. The van der Waals surface area contributed by atoms with Gasteiger partial charge in [-0.15, -0.1) is 0 Å². The molecule has 0 fully saturated rings. The number of methoxy groups -OCH3 is 1. The summed E-state index contributed by atoms with van der Waals surface area (Å²) in [6, 6.07) is 7.25. The average molecular weight is 423 g/mol. The zero-order valence-corrected chi connectivity index (χ0v) is 18.8. The fraction of sp³-hybridized carbons (Fsp3) is 0.385. The Balaban J connectivity index is 1.81. The Morgan fingerprint density at radius 2 is 1.84 bits per heavy atom. The summed E-state index contributed by atoms with van der Waals surface area (Å²) < 4.78 is 17.9. The van der Waals surface area contributed by atoms with Crippen molar-refractivity contribution in [3.05, 3.63) is 69.8 Å². The molecule has 4 rings (SSSR count). The van der Waals surface area contributed by atoms with Crippen LogP contribution in [0.15, 0.2) is 47.6 Å². The molecule has 164 valence electrons. The predicted molar refractivity (Wildman–Crippen MR) is 120 cm³/mol. The van der Waals surface area contributed by atoms with Crippen LogP contribution in [-0.2, 0) is 18.4 Å². The molecule has 2 heterocycles. The topological polar surface area (TPSA) is 68.2 Å². The predicted octanol–water partition coefficient (Wildman–Crippen LogP) is 5.13. The molecule has 0 aliphatic carbocycles. The number of phenols is 1. The Morgan fingerprint density at radius 3 is 2.52 bits per heavy atom. The molecule has 0 bridgehead atoms. The van der Waals surface area contributed by atoms with Gasteiger partial charge in [-0.1, -0.05) is 23.3 Å². The summed E-state index contributed by atoms with van der Waals surface area (Å²) in [7, 11) is 1.64. The van der Waals surface area contributed by atoms with Gasteiger partial charge >= 0.3 is 0 Å². The molecule has 5 heteroatoms. The molecule has 2 atom stereocenters. The average Bonchev–Trinajstić information content (AvgIpc) is 3.03. The van der Waals surface area contributed by atoms with Crippen molar-refractivity contribution < 1.29 is 24.4 Å². The van der Waals surface area contributed by atoms with Gasteiger partial charge in [0.05, 0.1) is 7.11 Å². The highest BCUT2D eigenvalue weighted by Gasteiger charge is 2.54. The summed E-state index contributed by atoms with van der Waals surface area (Å²) in [5, 5.41) is 22.1. The van der Waals surface area contributed by atoms with Crippen LogP contribution in [0.25, 0.3) is 0 Å². The maximum atomic E-state index is 11.7. The molecule has 2 aromatic rings. The summed E-state index contributed by atoms with van der Waals surface area (Å²) >= 11 is 0. The molecular formula is C26H30O5. The van der Waals surface area contributed by atoms with Crippen LogP contribution in [0.3, 0.4) is 0 Å². The lowest BCUT2D eigenvalue weighted by Gasteiger charge is -2.35. The third-order valence-electron chi connectivity index (χ3n) is 5.96. The number of rotatable bonds is 5. The van der Waals surface area contributed by atoms with Crippen molar-refractivity contribution >= 4 is 0 Å². The van der Waals surface area contributed by atoms with Gasteiger partial charge in [0, 0.05) is 22.8 Å². The molecule has 0 unspecified atom stereocenters. The second-order valence-corrected chi connectivity index (χ2v) is 8.82. The number of aliphatic hydroxyl groups is 1. The van der Waals surface area contributed by atoms with E-state index in [-0.39, 0.29) is 12.4 Å². The lowest BCUT2D eigenvalue weighted by molar-refractivity contribution is -0.0865. The zero-order valence-electron chi connectivity index (χ0n) is 18.8. The minimum absolute atomic E-state index is 0.0544. The number of phenolic OH excluding ortho intramolecular Hbond substituents is 1. The van der Waals surface area contributed by atoms with Crippen LogP contribution in [0.2, 0.25) is 0 Å². The summed E-state index contributed by atoms with van der Waals surface area (Å²) in [6.45, 7) is 8.20. The van der Waals surface area contributed by atoms with E-state index in [0.29, 0.717) is 29.9 Å². The van der Waals surface area contributed by atoms with E-state index in [4.69, 9.17) is 14.2 Å². The lowest BCUT2D eigenvalue weighted by Crippen LogP contribution is -2.41. The van der Waals surface area contributed by atoms with E-state index in [9.17, 15) is 10.2 Å². The Morgan fingerprint density at radius 1 is 1.13 bits per heavy atom. The molecule has 2 aliphatic rings. The molecule has 0 radical (unpaired) electrons. The maximum absolute atomic E-state index is 11.7. The first-order valence-electron chi connectivity index (χ1n) is 10.6. The van der Waals surface area contributed by atoms with Crippen molar-refractivity contribution in [1.82, 2.24) is 0 Å². The summed E-state index contributed by atoms with van der Waals surface area (Å²) in [4.78, 5) is 0. The maximum Gasteiger partial charge on any atom is 0.168 e. The number of ether oxygens (including phenoxy) is 3. The fourth-order valence-corrected chi connectivity index (χ4v) is 4.23. The van der Waals surface area contributed by atoms with Crippen molar-refractivity contribution in [1.29, 1.82) is 0 Å². The van der Waals surface area contributed by atoms with E-state index in [0.717, 1.165) is 22.4 Å². The SMILES string of the molecule is COc1ccc2c(c1CC=C(C)C)O[C@@H]1c3cc(CC=C(C)C)c(O)cc3OC[C@]21O. The number of hydrogen-bond donors (Lipinski definition) is 2. The second kappa shape index (κ2) is 7.97. The van der Waals surface area contributed by atoms with Crippen molar-refractivity contribution in [2.24, 2.45) is 0 Å². The number of hydrogen-bond acceptors (Lipinski definition) is 5. The van der Waals surface area contributed by atoms with E-state index >= 15 is 0 Å². The van der Waals surface area contributed by atoms with Gasteiger partial charge in [0.1, 0.15) is 29.6 Å². The van der Waals surface area contributed by atoms with Crippen molar-refractivity contribution in [2.45, 2.75) is 52.2 Å². The molecule has 0 aromatic heterocycles. The first kappa shape index (κ1) is 21.3. The Hall–Kier alpha value is -2.92. The quantitative estimate of drug-likeness (QED) is 0.654. The molecule has 0 spiro atoms. The Kier molecular flexibility index (Phi) is 5.48. The van der Waals surface area contributed by atoms with Gasteiger partial charge < -0.3 is 24.4 Å². The molecule has 2 aromatic carbocycles. The minimum Gasteiger partial charge on any atom is -0.508 e. The zero-order chi connectivity index (χ0) is 22.3. The van der Waals surface area contributed by atoms with Gasteiger partial charge in [0.2, 0.25) is 0 Å². The van der Waals surface area contributed by atoms with Crippen LogP contribution in [0.4, 0.5) is 0 Å². The van der Waals surface area contributed by atoms with Gasteiger partial charge in [0.15, 0.2) is 11.7 Å². The molecule has 0 amide bonds. The first-order chi connectivity index (χ1) is 14.7. The number of fused-ring (bicyclic) bond motifs is 5. The van der Waals surface area contributed by atoms with E-state index in [1.165, 1.54) is 11.1 Å². The van der Waals surface area contributed by atoms with E-state index in [2.05, 4.69) is 12.2 Å². The Bertz CT molecular complexity index is 1070. The van der Waals surface area contributed by atoms with Crippen molar-refractivity contribution in [3.63, 3.8) is 0 Å². The Labute approximate surface area is 183 Å². The van der Waals surface area contributed by atoms with E-state index < -0.39 is 11.7 Å². The fourth-order valence-electron chi connectivity index (χ4n) is 4.23. The number of benzene rings is 2. The normalized spacial score (nSPS) is 20.5. The molecule has 5 nitrogen and oxygen atoms in total. The third kappa shape index (κ3) is 3.68. The standard InChI is InChI=1S/C26H30O5/c1-15(2)6-8-17-12-19-23(13-21(17)27)30-14-26(28)20-10-11-22(29-5)18(9-7-16(3)4)24(20)31-25(19)26/h6-7,10-13,25,27-28H,8-9,14H2,1-5H3/t25-,26+/m1/s1. The molecule has 0 saturated heterocycles. The van der Waals surface area contributed by atoms with Gasteiger partial charge in [0.25, 0.3) is 0 Å². The van der Waals surface area contributed by atoms with Gasteiger partial charge in [-0.3, -0.25) is 0 Å². The first-order valence-corrected chi connectivity index (χ1v) is 10.6.